The van der Waals surface area contributed by atoms with Gasteiger partial charge in [0, 0.05) is 13.1 Å². The monoisotopic (exact) mass is 497 g/mol. The number of carbonyl (C=O) groups is 2. The number of hydrogen-bond acceptors (Lipinski definition) is 9. The normalized spacial score (nSPS) is 19.6. The lowest BCUT2D eigenvalue weighted by Gasteiger charge is -2.39. The molecule has 1 unspecified atom stereocenters. The fraction of sp³-hybridized carbons (Fsp3) is 0.478. The number of aryl methyl sites for hydroxylation is 1. The summed E-state index contributed by atoms with van der Waals surface area (Å²) in [4.78, 5) is 34.3. The van der Waals surface area contributed by atoms with Crippen LogP contribution in [0.4, 0.5) is 10.5 Å². The summed E-state index contributed by atoms with van der Waals surface area (Å²) in [5.74, 6) is 2.26. The molecule has 0 aliphatic carbocycles. The van der Waals surface area contributed by atoms with E-state index in [1.54, 1.807) is 17.0 Å². The maximum atomic E-state index is 13.7. The van der Waals surface area contributed by atoms with Gasteiger partial charge in [0.2, 0.25) is 0 Å². The maximum Gasteiger partial charge on any atom is 0.415 e. The van der Waals surface area contributed by atoms with Gasteiger partial charge < -0.3 is 18.9 Å². The molecule has 184 valence electrons. The highest BCUT2D eigenvalue weighted by atomic mass is 32.1. The Balaban J connectivity index is 1.39. The number of para-hydroxylation sites is 2. The van der Waals surface area contributed by atoms with Crippen LogP contribution in [-0.4, -0.2) is 65.8 Å². The molecular weight excluding hydrogens is 470 g/mol. The van der Waals surface area contributed by atoms with Crippen molar-refractivity contribution < 1.29 is 19.1 Å². The van der Waals surface area contributed by atoms with E-state index in [1.165, 1.54) is 16.4 Å². The number of fused-ring (bicyclic) bond motifs is 2. The summed E-state index contributed by atoms with van der Waals surface area (Å²) in [5.41, 5.74) is -0.0902. The largest absolute Gasteiger partial charge is 0.476 e. The van der Waals surface area contributed by atoms with E-state index in [2.05, 4.69) is 19.6 Å². The summed E-state index contributed by atoms with van der Waals surface area (Å²) in [7, 11) is 0. The number of amides is 2. The van der Waals surface area contributed by atoms with Crippen LogP contribution in [0.3, 0.4) is 0 Å². The fourth-order valence-electron chi connectivity index (χ4n) is 4.27. The molecular formula is C23H27N7O4S. The van der Waals surface area contributed by atoms with Gasteiger partial charge in [0.25, 0.3) is 5.91 Å². The number of hydrogen-bond donors (Lipinski definition) is 0. The van der Waals surface area contributed by atoms with Gasteiger partial charge in [0.05, 0.1) is 18.3 Å². The van der Waals surface area contributed by atoms with Gasteiger partial charge in [-0.2, -0.15) is 4.37 Å². The zero-order chi connectivity index (χ0) is 24.9. The fourth-order valence-corrected chi connectivity index (χ4v) is 4.94. The molecule has 2 aromatic heterocycles. The Morgan fingerprint density at radius 3 is 2.66 bits per heavy atom. The lowest BCUT2D eigenvalue weighted by Crippen LogP contribution is -2.54. The van der Waals surface area contributed by atoms with Gasteiger partial charge in [0.15, 0.2) is 22.8 Å². The lowest BCUT2D eigenvalue weighted by molar-refractivity contribution is -0.142. The van der Waals surface area contributed by atoms with Crippen LogP contribution in [0.15, 0.2) is 24.3 Å². The van der Waals surface area contributed by atoms with Crippen LogP contribution in [0.25, 0.3) is 10.8 Å². The Bertz CT molecular complexity index is 1280. The number of anilines is 1. The van der Waals surface area contributed by atoms with Gasteiger partial charge in [-0.1, -0.05) is 12.1 Å². The molecule has 35 heavy (non-hydrogen) atoms. The number of ether oxygens (including phenoxy) is 2. The molecule has 2 aliphatic heterocycles. The van der Waals surface area contributed by atoms with Crippen LogP contribution in [0.2, 0.25) is 0 Å². The Morgan fingerprint density at radius 2 is 1.94 bits per heavy atom. The summed E-state index contributed by atoms with van der Waals surface area (Å²) < 4.78 is 17.9. The second-order valence-electron chi connectivity index (χ2n) is 9.55. The molecule has 1 aromatic carbocycles. The predicted octanol–water partition coefficient (Wildman–Crippen LogP) is 3.21. The second kappa shape index (κ2) is 8.59. The molecule has 2 amide bonds. The molecule has 11 nitrogen and oxygen atoms in total. The van der Waals surface area contributed by atoms with E-state index in [4.69, 9.17) is 9.47 Å². The maximum absolute atomic E-state index is 13.7. The van der Waals surface area contributed by atoms with Crippen molar-refractivity contribution in [2.24, 2.45) is 0 Å². The van der Waals surface area contributed by atoms with Crippen molar-refractivity contribution in [2.45, 2.75) is 58.9 Å². The first kappa shape index (κ1) is 23.2. The number of aromatic nitrogens is 5. The summed E-state index contributed by atoms with van der Waals surface area (Å²) in [6.45, 7) is 10.2. The van der Waals surface area contributed by atoms with E-state index in [-0.39, 0.29) is 18.5 Å². The minimum atomic E-state index is -0.875. The van der Waals surface area contributed by atoms with Gasteiger partial charge in [-0.3, -0.25) is 9.69 Å². The van der Waals surface area contributed by atoms with E-state index in [1.807, 2.05) is 51.3 Å². The van der Waals surface area contributed by atoms with Crippen molar-refractivity contribution in [3.63, 3.8) is 0 Å². The third-order valence-corrected chi connectivity index (χ3v) is 6.65. The summed E-state index contributed by atoms with van der Waals surface area (Å²) >= 11 is 1.28. The Morgan fingerprint density at radius 1 is 1.17 bits per heavy atom. The highest BCUT2D eigenvalue weighted by molar-refractivity contribution is 7.09. The van der Waals surface area contributed by atoms with Crippen LogP contribution in [-0.2, 0) is 16.1 Å². The minimum Gasteiger partial charge on any atom is -0.476 e. The van der Waals surface area contributed by atoms with Gasteiger partial charge >= 0.3 is 6.09 Å². The van der Waals surface area contributed by atoms with Crippen LogP contribution in [0.5, 0.6) is 5.75 Å². The number of benzene rings is 1. The first-order valence-corrected chi connectivity index (χ1v) is 12.2. The van der Waals surface area contributed by atoms with Gasteiger partial charge in [0.1, 0.15) is 17.2 Å². The molecule has 12 heteroatoms. The second-order valence-corrected chi connectivity index (χ2v) is 10.3. The third-order valence-electron chi connectivity index (χ3n) is 5.85. The first-order valence-electron chi connectivity index (χ1n) is 11.4. The smallest absolute Gasteiger partial charge is 0.415 e. The number of rotatable bonds is 2. The van der Waals surface area contributed by atoms with Crippen LogP contribution >= 0.6 is 11.5 Å². The van der Waals surface area contributed by atoms with Crippen LogP contribution in [0, 0.1) is 6.92 Å². The topological polar surface area (TPSA) is 116 Å². The zero-order valence-corrected chi connectivity index (χ0v) is 21.1. The molecule has 4 heterocycles. The predicted molar refractivity (Wildman–Crippen MR) is 128 cm³/mol. The third kappa shape index (κ3) is 4.33. The zero-order valence-electron chi connectivity index (χ0n) is 20.3. The van der Waals surface area contributed by atoms with E-state index >= 15 is 0 Å². The van der Waals surface area contributed by atoms with Crippen molar-refractivity contribution >= 4 is 29.2 Å². The molecule has 0 radical (unpaired) electrons. The average Bonchev–Trinajstić information content (AvgIpc) is 3.43. The van der Waals surface area contributed by atoms with Gasteiger partial charge in [-0.15, -0.1) is 10.2 Å². The van der Waals surface area contributed by atoms with Crippen LogP contribution < -0.4 is 9.64 Å². The molecule has 0 saturated carbocycles. The number of nitrogens with zero attached hydrogens (tertiary/aromatic N) is 7. The van der Waals surface area contributed by atoms with E-state index in [0.29, 0.717) is 47.0 Å². The SMILES string of the molecule is Cc1nsc(-c2nnc3n2CCN(C(=O)C2CN(C(=O)OC(C)(C)C)c4ccccc4O2)[C@@H]3C)n1. The lowest BCUT2D eigenvalue weighted by atomic mass is 10.1. The molecule has 2 aliphatic rings. The Labute approximate surface area is 206 Å². The average molecular weight is 498 g/mol. The Hall–Kier alpha value is -3.54. The molecule has 0 bridgehead atoms. The highest BCUT2D eigenvalue weighted by Gasteiger charge is 2.41. The molecule has 0 spiro atoms. The quantitative estimate of drug-likeness (QED) is 0.530. The van der Waals surface area contributed by atoms with Crippen LogP contribution in [0.1, 0.15) is 45.4 Å². The Kier molecular flexibility index (Phi) is 5.70. The van der Waals surface area contributed by atoms with Crippen molar-refractivity contribution in [1.29, 1.82) is 0 Å². The van der Waals surface area contributed by atoms with E-state index < -0.39 is 17.8 Å². The molecule has 0 fully saturated rings. The first-order chi connectivity index (χ1) is 16.6. The van der Waals surface area contributed by atoms with Crippen molar-refractivity contribution in [3.05, 3.63) is 35.9 Å². The van der Waals surface area contributed by atoms with Gasteiger partial charge in [-0.05, 0) is 58.3 Å². The molecule has 0 N–H and O–H groups in total. The van der Waals surface area contributed by atoms with E-state index in [0.717, 1.165) is 0 Å². The minimum absolute atomic E-state index is 0.0516. The van der Waals surface area contributed by atoms with Crippen molar-refractivity contribution in [3.8, 4) is 16.6 Å². The number of carbonyl (C=O) groups excluding carboxylic acids is 2. The van der Waals surface area contributed by atoms with E-state index in [9.17, 15) is 9.59 Å². The highest BCUT2D eigenvalue weighted by Crippen LogP contribution is 2.36. The van der Waals surface area contributed by atoms with Crippen molar-refractivity contribution in [2.75, 3.05) is 18.0 Å². The summed E-state index contributed by atoms with van der Waals surface area (Å²) in [6.07, 6.45) is -1.39. The molecule has 0 saturated heterocycles. The molecule has 2 atom stereocenters. The summed E-state index contributed by atoms with van der Waals surface area (Å²) in [5, 5.41) is 9.37. The summed E-state index contributed by atoms with van der Waals surface area (Å²) in [6, 6.07) is 6.82. The van der Waals surface area contributed by atoms with Gasteiger partial charge in [-0.25, -0.2) is 9.78 Å². The standard InChI is InChI=1S/C23H27N7O4S/c1-13-18-25-26-19(20-24-14(2)27-35-20)29(18)11-10-28(13)21(31)17-12-30(22(32)34-23(3,4)5)15-8-6-7-9-16(15)33-17/h6-9,13,17H,10-12H2,1-5H3/t13-,17?/m1/s1. The molecule has 5 rings (SSSR count). The molecule has 3 aromatic rings. The van der Waals surface area contributed by atoms with Crippen molar-refractivity contribution in [1.82, 2.24) is 29.0 Å².